The van der Waals surface area contributed by atoms with E-state index in [1.165, 1.54) is 12.1 Å². The van der Waals surface area contributed by atoms with Gasteiger partial charge in [-0.15, -0.1) is 0 Å². The molecule has 0 unspecified atom stereocenters. The second kappa shape index (κ2) is 6.91. The van der Waals surface area contributed by atoms with Crippen LogP contribution in [0.3, 0.4) is 0 Å². The molecule has 28 heavy (non-hydrogen) atoms. The minimum absolute atomic E-state index is 0.128. The van der Waals surface area contributed by atoms with Gasteiger partial charge in [-0.3, -0.25) is 0 Å². The normalized spacial score (nSPS) is 11.7. The van der Waals surface area contributed by atoms with Gasteiger partial charge in [0.25, 0.3) is 0 Å². The van der Waals surface area contributed by atoms with Gasteiger partial charge in [0.1, 0.15) is 11.4 Å². The Hall–Kier alpha value is -3.49. The molecule has 2 aromatic carbocycles. The Morgan fingerprint density at radius 3 is 2.18 bits per heavy atom. The summed E-state index contributed by atoms with van der Waals surface area (Å²) in [4.78, 5) is 8.61. The molecule has 0 fully saturated rings. The average molecular weight is 386 g/mol. The molecule has 0 saturated carbocycles. The number of nitrogens with zero attached hydrogens (tertiary/aromatic N) is 4. The molecular formula is C19H13F3N4O2. The predicted octanol–water partition coefficient (Wildman–Crippen LogP) is 4.72. The average Bonchev–Trinajstić information content (AvgIpc) is 3.11. The lowest BCUT2D eigenvalue weighted by atomic mass is 10.1. The first-order valence-electron chi connectivity index (χ1n) is 8.28. The highest BCUT2D eigenvalue weighted by Gasteiger charge is 2.30. The van der Waals surface area contributed by atoms with Crippen LogP contribution >= 0.6 is 0 Å². The van der Waals surface area contributed by atoms with Gasteiger partial charge in [0.2, 0.25) is 17.2 Å². The number of halogens is 3. The summed E-state index contributed by atoms with van der Waals surface area (Å²) in [5.74, 6) is 0.326. The molecule has 142 valence electrons. The van der Waals surface area contributed by atoms with Crippen molar-refractivity contribution >= 4 is 11.3 Å². The van der Waals surface area contributed by atoms with Crippen LogP contribution in [0.2, 0.25) is 0 Å². The number of alkyl halides is 3. The third kappa shape index (κ3) is 3.78. The largest absolute Gasteiger partial charge is 0.437 e. The van der Waals surface area contributed by atoms with Crippen LogP contribution in [0.5, 0.6) is 11.6 Å². The second-order valence-electron chi connectivity index (χ2n) is 6.17. The molecule has 0 atom stereocenters. The van der Waals surface area contributed by atoms with Gasteiger partial charge in [0.05, 0.1) is 5.56 Å². The first-order valence-corrected chi connectivity index (χ1v) is 8.28. The molecular weight excluding hydrogens is 373 g/mol. The fourth-order valence-corrected chi connectivity index (χ4v) is 2.58. The first-order chi connectivity index (χ1) is 13.4. The summed E-state index contributed by atoms with van der Waals surface area (Å²) in [6.07, 6.45) is -4.02. The van der Waals surface area contributed by atoms with Crippen molar-refractivity contribution in [1.82, 2.24) is 20.3 Å². The standard InChI is InChI=1S/C19H13F3N4O2/c1-11-2-4-12(5-3-11)10-15-18(24-17-16(23-15)25-28-26-17)27-14-8-6-13(7-9-14)19(20,21)22/h2-9H,10H2,1H3. The summed E-state index contributed by atoms with van der Waals surface area (Å²) in [6, 6.07) is 12.2. The van der Waals surface area contributed by atoms with Gasteiger partial charge in [-0.05, 0) is 47.1 Å². The fraction of sp³-hybridized carbons (Fsp3) is 0.158. The Bertz CT molecular complexity index is 1110. The highest BCUT2D eigenvalue weighted by molar-refractivity contribution is 5.64. The van der Waals surface area contributed by atoms with Crippen molar-refractivity contribution in [2.75, 3.05) is 0 Å². The summed E-state index contributed by atoms with van der Waals surface area (Å²) in [6.45, 7) is 1.98. The van der Waals surface area contributed by atoms with Crippen LogP contribution in [-0.4, -0.2) is 20.3 Å². The van der Waals surface area contributed by atoms with Gasteiger partial charge in [-0.25, -0.2) is 9.61 Å². The maximum absolute atomic E-state index is 12.7. The number of aromatic nitrogens is 4. The van der Waals surface area contributed by atoms with E-state index in [-0.39, 0.29) is 22.9 Å². The van der Waals surface area contributed by atoms with E-state index in [1.54, 1.807) is 0 Å². The topological polar surface area (TPSA) is 73.9 Å². The molecule has 4 rings (SSSR count). The van der Waals surface area contributed by atoms with Gasteiger partial charge in [-0.1, -0.05) is 29.8 Å². The van der Waals surface area contributed by atoms with E-state index in [9.17, 15) is 13.2 Å². The van der Waals surface area contributed by atoms with E-state index in [2.05, 4.69) is 24.9 Å². The molecule has 0 aliphatic carbocycles. The third-order valence-corrected chi connectivity index (χ3v) is 4.04. The zero-order chi connectivity index (χ0) is 19.7. The molecule has 0 N–H and O–H groups in total. The molecule has 6 nitrogen and oxygen atoms in total. The molecule has 2 heterocycles. The molecule has 0 radical (unpaired) electrons. The maximum Gasteiger partial charge on any atom is 0.416 e. The van der Waals surface area contributed by atoms with Crippen LogP contribution in [0.25, 0.3) is 11.3 Å². The monoisotopic (exact) mass is 386 g/mol. The summed E-state index contributed by atoms with van der Waals surface area (Å²) < 4.78 is 48.5. The van der Waals surface area contributed by atoms with E-state index in [4.69, 9.17) is 4.74 Å². The minimum Gasteiger partial charge on any atom is -0.437 e. The van der Waals surface area contributed by atoms with Gasteiger partial charge in [-0.2, -0.15) is 18.2 Å². The molecule has 0 bridgehead atoms. The van der Waals surface area contributed by atoms with Crippen LogP contribution in [0.4, 0.5) is 13.2 Å². The number of aryl methyl sites for hydroxylation is 1. The molecule has 4 aromatic rings. The smallest absolute Gasteiger partial charge is 0.416 e. The van der Waals surface area contributed by atoms with Gasteiger partial charge >= 0.3 is 6.18 Å². The number of rotatable bonds is 4. The Kier molecular flexibility index (Phi) is 4.42. The zero-order valence-corrected chi connectivity index (χ0v) is 14.6. The molecule has 0 saturated heterocycles. The van der Waals surface area contributed by atoms with E-state index >= 15 is 0 Å². The van der Waals surface area contributed by atoms with Gasteiger partial charge in [0.15, 0.2) is 0 Å². The molecule has 0 aliphatic heterocycles. The Morgan fingerprint density at radius 1 is 0.893 bits per heavy atom. The highest BCUT2D eigenvalue weighted by atomic mass is 19.4. The minimum atomic E-state index is -4.42. The van der Waals surface area contributed by atoms with E-state index in [0.717, 1.165) is 23.3 Å². The molecule has 2 aromatic heterocycles. The summed E-state index contributed by atoms with van der Waals surface area (Å²) in [5.41, 5.74) is 2.16. The van der Waals surface area contributed by atoms with Crippen LogP contribution in [0.15, 0.2) is 53.2 Å². The molecule has 0 amide bonds. The SMILES string of the molecule is Cc1ccc(Cc2nc3nonc3nc2Oc2ccc(C(F)(F)F)cc2)cc1. The number of benzene rings is 2. The molecule has 0 spiro atoms. The summed E-state index contributed by atoms with van der Waals surface area (Å²) >= 11 is 0. The number of hydrogen-bond acceptors (Lipinski definition) is 6. The van der Waals surface area contributed by atoms with E-state index in [1.807, 2.05) is 31.2 Å². The number of fused-ring (bicyclic) bond motifs is 1. The maximum atomic E-state index is 12.7. The van der Waals surface area contributed by atoms with Crippen molar-refractivity contribution < 1.29 is 22.5 Å². The fourth-order valence-electron chi connectivity index (χ4n) is 2.58. The molecule has 9 heteroatoms. The van der Waals surface area contributed by atoms with Crippen LogP contribution < -0.4 is 4.74 Å². The zero-order valence-electron chi connectivity index (χ0n) is 14.6. The Labute approximate surface area is 157 Å². The van der Waals surface area contributed by atoms with Crippen molar-refractivity contribution in [2.45, 2.75) is 19.5 Å². The lowest BCUT2D eigenvalue weighted by molar-refractivity contribution is -0.137. The quantitative estimate of drug-likeness (QED) is 0.505. The lowest BCUT2D eigenvalue weighted by Crippen LogP contribution is -2.04. The molecule has 0 aliphatic rings. The lowest BCUT2D eigenvalue weighted by Gasteiger charge is -2.11. The first kappa shape index (κ1) is 17.9. The third-order valence-electron chi connectivity index (χ3n) is 4.04. The van der Waals surface area contributed by atoms with Crippen molar-refractivity contribution in [3.63, 3.8) is 0 Å². The second-order valence-corrected chi connectivity index (χ2v) is 6.17. The van der Waals surface area contributed by atoms with E-state index in [0.29, 0.717) is 12.1 Å². The van der Waals surface area contributed by atoms with Crippen molar-refractivity contribution in [3.05, 3.63) is 70.9 Å². The Balaban J connectivity index is 1.67. The predicted molar refractivity (Wildman–Crippen MR) is 92.9 cm³/mol. The van der Waals surface area contributed by atoms with Crippen LogP contribution in [0, 0.1) is 6.92 Å². The highest BCUT2D eigenvalue weighted by Crippen LogP contribution is 2.32. The summed E-state index contributed by atoms with van der Waals surface area (Å²) in [7, 11) is 0. The number of ether oxygens (including phenoxy) is 1. The van der Waals surface area contributed by atoms with E-state index < -0.39 is 11.7 Å². The van der Waals surface area contributed by atoms with Crippen molar-refractivity contribution in [3.8, 4) is 11.6 Å². The van der Waals surface area contributed by atoms with Crippen LogP contribution in [-0.2, 0) is 12.6 Å². The van der Waals surface area contributed by atoms with Crippen molar-refractivity contribution in [1.29, 1.82) is 0 Å². The van der Waals surface area contributed by atoms with Crippen LogP contribution in [0.1, 0.15) is 22.4 Å². The summed E-state index contributed by atoms with van der Waals surface area (Å²) in [5, 5.41) is 7.32. The van der Waals surface area contributed by atoms with Crippen molar-refractivity contribution in [2.24, 2.45) is 0 Å². The van der Waals surface area contributed by atoms with Gasteiger partial charge < -0.3 is 4.74 Å². The Morgan fingerprint density at radius 2 is 1.54 bits per heavy atom. The van der Waals surface area contributed by atoms with Gasteiger partial charge in [0, 0.05) is 6.42 Å². The number of hydrogen-bond donors (Lipinski definition) is 0.